The molecule has 0 radical (unpaired) electrons. The SMILES string of the molecule is O=C(CSCc1ccccc1I)Nc1ccc2c(c1)OCO2. The van der Waals surface area contributed by atoms with E-state index in [1.165, 1.54) is 9.13 Å². The number of halogens is 1. The van der Waals surface area contributed by atoms with E-state index in [9.17, 15) is 4.79 Å². The third kappa shape index (κ3) is 3.86. The van der Waals surface area contributed by atoms with Crippen LogP contribution in [0.15, 0.2) is 42.5 Å². The minimum absolute atomic E-state index is 0.0187. The predicted molar refractivity (Wildman–Crippen MR) is 96.5 cm³/mol. The van der Waals surface area contributed by atoms with Gasteiger partial charge in [-0.2, -0.15) is 0 Å². The van der Waals surface area contributed by atoms with Crippen molar-refractivity contribution in [1.29, 1.82) is 0 Å². The molecule has 2 aromatic carbocycles. The number of carbonyl (C=O) groups excluding carboxylic acids is 1. The van der Waals surface area contributed by atoms with E-state index in [1.54, 1.807) is 23.9 Å². The first kappa shape index (κ1) is 15.5. The number of thioether (sulfide) groups is 1. The Labute approximate surface area is 146 Å². The molecule has 1 aliphatic rings. The van der Waals surface area contributed by atoms with Gasteiger partial charge in [-0.15, -0.1) is 11.8 Å². The molecular weight excluding hydrogens is 413 g/mol. The summed E-state index contributed by atoms with van der Waals surface area (Å²) in [6.07, 6.45) is 0. The Hall–Kier alpha value is -1.41. The maximum absolute atomic E-state index is 12.0. The predicted octanol–water partition coefficient (Wildman–Crippen LogP) is 3.89. The molecule has 0 unspecified atom stereocenters. The number of hydrogen-bond donors (Lipinski definition) is 1. The van der Waals surface area contributed by atoms with Crippen LogP contribution < -0.4 is 14.8 Å². The summed E-state index contributed by atoms with van der Waals surface area (Å²) < 4.78 is 11.8. The summed E-state index contributed by atoms with van der Waals surface area (Å²) >= 11 is 3.91. The summed E-state index contributed by atoms with van der Waals surface area (Å²) in [7, 11) is 0. The quantitative estimate of drug-likeness (QED) is 0.736. The lowest BCUT2D eigenvalue weighted by Crippen LogP contribution is -2.14. The molecule has 22 heavy (non-hydrogen) atoms. The molecule has 0 fully saturated rings. The van der Waals surface area contributed by atoms with Crippen LogP contribution in [-0.2, 0) is 10.5 Å². The Bertz CT molecular complexity index is 693. The Morgan fingerprint density at radius 2 is 2.00 bits per heavy atom. The molecular formula is C16H14INO3S. The molecule has 0 saturated carbocycles. The van der Waals surface area contributed by atoms with Gasteiger partial charge in [0.2, 0.25) is 12.7 Å². The van der Waals surface area contributed by atoms with Crippen molar-refractivity contribution in [3.8, 4) is 11.5 Å². The van der Waals surface area contributed by atoms with E-state index in [4.69, 9.17) is 9.47 Å². The number of hydrogen-bond acceptors (Lipinski definition) is 4. The highest BCUT2D eigenvalue weighted by Crippen LogP contribution is 2.34. The van der Waals surface area contributed by atoms with Crippen molar-refractivity contribution in [2.24, 2.45) is 0 Å². The van der Waals surface area contributed by atoms with Crippen LogP contribution in [0.4, 0.5) is 5.69 Å². The van der Waals surface area contributed by atoms with E-state index in [-0.39, 0.29) is 12.7 Å². The highest BCUT2D eigenvalue weighted by Gasteiger charge is 2.14. The van der Waals surface area contributed by atoms with E-state index < -0.39 is 0 Å². The first-order valence-corrected chi connectivity index (χ1v) is 8.96. The zero-order valence-corrected chi connectivity index (χ0v) is 14.6. The van der Waals surface area contributed by atoms with Gasteiger partial charge in [0.05, 0.1) is 5.75 Å². The second kappa shape index (κ2) is 7.23. The largest absolute Gasteiger partial charge is 0.454 e. The Morgan fingerprint density at radius 1 is 1.18 bits per heavy atom. The van der Waals surface area contributed by atoms with E-state index in [2.05, 4.69) is 40.0 Å². The molecule has 1 N–H and O–H groups in total. The van der Waals surface area contributed by atoms with Crippen molar-refractivity contribution in [1.82, 2.24) is 0 Å². The molecule has 0 bridgehead atoms. The summed E-state index contributed by atoms with van der Waals surface area (Å²) in [6.45, 7) is 0.234. The lowest BCUT2D eigenvalue weighted by atomic mass is 10.2. The lowest BCUT2D eigenvalue weighted by molar-refractivity contribution is -0.113. The molecule has 0 aliphatic carbocycles. The Kier molecular flexibility index (Phi) is 5.09. The van der Waals surface area contributed by atoms with Crippen molar-refractivity contribution >= 4 is 45.9 Å². The molecule has 4 nitrogen and oxygen atoms in total. The minimum atomic E-state index is -0.0187. The Balaban J connectivity index is 1.49. The van der Waals surface area contributed by atoms with Gasteiger partial charge in [-0.25, -0.2) is 0 Å². The third-order valence-corrected chi connectivity index (χ3v) is 5.14. The monoisotopic (exact) mass is 427 g/mol. The third-order valence-electron chi connectivity index (χ3n) is 3.10. The van der Waals surface area contributed by atoms with E-state index in [1.807, 2.05) is 18.2 Å². The molecule has 1 amide bonds. The van der Waals surface area contributed by atoms with Gasteiger partial charge in [-0.1, -0.05) is 18.2 Å². The maximum Gasteiger partial charge on any atom is 0.234 e. The normalized spacial score (nSPS) is 12.2. The second-order valence-electron chi connectivity index (χ2n) is 4.70. The summed E-state index contributed by atoms with van der Waals surface area (Å²) in [5.74, 6) is 2.61. The average Bonchev–Trinajstić information content (AvgIpc) is 2.97. The van der Waals surface area contributed by atoms with Crippen molar-refractivity contribution in [3.63, 3.8) is 0 Å². The van der Waals surface area contributed by atoms with E-state index in [0.717, 1.165) is 11.4 Å². The number of fused-ring (bicyclic) bond motifs is 1. The van der Waals surface area contributed by atoms with Crippen LogP contribution in [0, 0.1) is 3.57 Å². The molecule has 6 heteroatoms. The maximum atomic E-state index is 12.0. The minimum Gasteiger partial charge on any atom is -0.454 e. The molecule has 1 aliphatic heterocycles. The number of anilines is 1. The highest BCUT2D eigenvalue weighted by molar-refractivity contribution is 14.1. The highest BCUT2D eigenvalue weighted by atomic mass is 127. The number of carbonyl (C=O) groups is 1. The molecule has 3 rings (SSSR count). The molecule has 114 valence electrons. The summed E-state index contributed by atoms with van der Waals surface area (Å²) in [5, 5.41) is 2.88. The van der Waals surface area contributed by atoms with Gasteiger partial charge in [-0.05, 0) is 46.4 Å². The molecule has 0 spiro atoms. The number of nitrogens with one attached hydrogen (secondary N) is 1. The fourth-order valence-electron chi connectivity index (χ4n) is 2.04. The zero-order chi connectivity index (χ0) is 15.4. The number of rotatable bonds is 5. The molecule has 0 saturated heterocycles. The van der Waals surface area contributed by atoms with E-state index >= 15 is 0 Å². The first-order chi connectivity index (χ1) is 10.7. The Morgan fingerprint density at radius 3 is 2.86 bits per heavy atom. The van der Waals surface area contributed by atoms with Crippen LogP contribution in [-0.4, -0.2) is 18.5 Å². The van der Waals surface area contributed by atoms with E-state index in [0.29, 0.717) is 17.3 Å². The van der Waals surface area contributed by atoms with Crippen molar-refractivity contribution in [3.05, 3.63) is 51.6 Å². The first-order valence-electron chi connectivity index (χ1n) is 6.73. The zero-order valence-electron chi connectivity index (χ0n) is 11.7. The molecule has 0 atom stereocenters. The average molecular weight is 427 g/mol. The molecule has 1 heterocycles. The summed E-state index contributed by atoms with van der Waals surface area (Å²) in [6, 6.07) is 13.6. The van der Waals surface area contributed by atoms with Crippen molar-refractivity contribution in [2.75, 3.05) is 17.9 Å². The number of ether oxygens (including phenoxy) is 2. The smallest absolute Gasteiger partial charge is 0.234 e. The van der Waals surface area contributed by atoms with Crippen molar-refractivity contribution in [2.45, 2.75) is 5.75 Å². The van der Waals surface area contributed by atoms with Gasteiger partial charge in [0, 0.05) is 21.1 Å². The standard InChI is InChI=1S/C16H14INO3S/c17-13-4-2-1-3-11(13)8-22-9-16(19)18-12-5-6-14-15(7-12)21-10-20-14/h1-7H,8-10H2,(H,18,19). The van der Waals surface area contributed by atoms with Gasteiger partial charge in [-0.3, -0.25) is 4.79 Å². The molecule has 2 aromatic rings. The van der Waals surface area contributed by atoms with Gasteiger partial charge in [0.15, 0.2) is 11.5 Å². The summed E-state index contributed by atoms with van der Waals surface area (Å²) in [4.78, 5) is 12.0. The second-order valence-corrected chi connectivity index (χ2v) is 6.85. The van der Waals surface area contributed by atoms with Gasteiger partial charge in [0.25, 0.3) is 0 Å². The fourth-order valence-corrected chi connectivity index (χ4v) is 3.71. The molecule has 0 aromatic heterocycles. The number of benzene rings is 2. The van der Waals surface area contributed by atoms with Crippen LogP contribution in [0.3, 0.4) is 0 Å². The van der Waals surface area contributed by atoms with Crippen LogP contribution >= 0.6 is 34.4 Å². The summed E-state index contributed by atoms with van der Waals surface area (Å²) in [5.41, 5.74) is 1.98. The van der Waals surface area contributed by atoms with Crippen molar-refractivity contribution < 1.29 is 14.3 Å². The topological polar surface area (TPSA) is 47.6 Å². The van der Waals surface area contributed by atoms with Gasteiger partial charge in [0.1, 0.15) is 0 Å². The van der Waals surface area contributed by atoms with Gasteiger partial charge < -0.3 is 14.8 Å². The van der Waals surface area contributed by atoms with Crippen LogP contribution in [0.5, 0.6) is 11.5 Å². The van der Waals surface area contributed by atoms with Crippen LogP contribution in [0.25, 0.3) is 0 Å². The van der Waals surface area contributed by atoms with Gasteiger partial charge >= 0.3 is 0 Å². The van der Waals surface area contributed by atoms with Crippen LogP contribution in [0.1, 0.15) is 5.56 Å². The fraction of sp³-hybridized carbons (Fsp3) is 0.188. The lowest BCUT2D eigenvalue weighted by Gasteiger charge is -2.07. The van der Waals surface area contributed by atoms with Crippen LogP contribution in [0.2, 0.25) is 0 Å². The number of amides is 1.